The maximum atomic E-state index is 16.4. The number of allylic oxidation sites excluding steroid dienone is 1. The molecule has 3 heterocycles. The van der Waals surface area contributed by atoms with Crippen LogP contribution in [0.3, 0.4) is 0 Å². The van der Waals surface area contributed by atoms with E-state index in [-0.39, 0.29) is 11.1 Å². The van der Waals surface area contributed by atoms with Gasteiger partial charge in [-0.1, -0.05) is 133 Å². The molecule has 0 atom stereocenters. The van der Waals surface area contributed by atoms with Gasteiger partial charge in [-0.15, -0.1) is 22.7 Å². The zero-order valence-electron chi connectivity index (χ0n) is 38.6. The van der Waals surface area contributed by atoms with Crippen molar-refractivity contribution in [3.63, 3.8) is 0 Å². The minimum Gasteiger partial charge on any atom is -0.494 e. The van der Waals surface area contributed by atoms with E-state index in [9.17, 15) is 0 Å². The maximum Gasteiger partial charge on any atom is 0.170 e. The van der Waals surface area contributed by atoms with E-state index in [1.165, 1.54) is 86.9 Å². The maximum absolute atomic E-state index is 16.4. The minimum atomic E-state index is -0.886. The van der Waals surface area contributed by atoms with Gasteiger partial charge in [-0.2, -0.15) is 15.0 Å². The van der Waals surface area contributed by atoms with Crippen LogP contribution in [-0.4, -0.2) is 21.6 Å². The summed E-state index contributed by atoms with van der Waals surface area (Å²) in [5.41, 5.74) is 6.43. The number of rotatable bonds is 25. The van der Waals surface area contributed by atoms with Gasteiger partial charge in [0.1, 0.15) is 16.8 Å². The van der Waals surface area contributed by atoms with E-state index in [0.717, 1.165) is 69.4 Å². The van der Waals surface area contributed by atoms with Crippen LogP contribution in [0, 0.1) is 18.6 Å². The summed E-state index contributed by atoms with van der Waals surface area (Å²) in [6, 6.07) is 32.9. The molecule has 65 heavy (non-hydrogen) atoms. The molecule has 0 amide bonds. The predicted octanol–water partition coefficient (Wildman–Crippen LogP) is 18.0. The molecule has 9 heteroatoms. The van der Waals surface area contributed by atoms with Gasteiger partial charge in [-0.3, -0.25) is 0 Å². The molecule has 7 aromatic rings. The third-order valence-electron chi connectivity index (χ3n) is 11.8. The van der Waals surface area contributed by atoms with Gasteiger partial charge < -0.3 is 9.64 Å². The number of hydrogen-bond acceptors (Lipinski definition) is 6. The van der Waals surface area contributed by atoms with E-state index in [1.54, 1.807) is 4.80 Å². The first-order valence-electron chi connectivity index (χ1n) is 23.8. The third-order valence-corrected chi connectivity index (χ3v) is 13.9. The van der Waals surface area contributed by atoms with E-state index in [4.69, 9.17) is 14.9 Å². The van der Waals surface area contributed by atoms with Gasteiger partial charge in [-0.05, 0) is 117 Å². The van der Waals surface area contributed by atoms with Crippen LogP contribution in [0.1, 0.15) is 132 Å². The molecule has 0 saturated heterocycles. The molecule has 340 valence electrons. The van der Waals surface area contributed by atoms with Crippen molar-refractivity contribution < 1.29 is 13.5 Å². The van der Waals surface area contributed by atoms with Crippen molar-refractivity contribution in [2.45, 2.75) is 124 Å². The Labute approximate surface area is 393 Å². The van der Waals surface area contributed by atoms with Crippen LogP contribution in [0.15, 0.2) is 103 Å². The molecule has 0 saturated carbocycles. The van der Waals surface area contributed by atoms with Crippen LogP contribution >= 0.6 is 22.7 Å². The Morgan fingerprint density at radius 3 is 1.57 bits per heavy atom. The van der Waals surface area contributed by atoms with E-state index in [1.807, 2.05) is 62.4 Å². The summed E-state index contributed by atoms with van der Waals surface area (Å²) in [4.78, 5) is 7.11. The first-order valence-corrected chi connectivity index (χ1v) is 25.5. The van der Waals surface area contributed by atoms with Crippen molar-refractivity contribution >= 4 is 69.0 Å². The highest BCUT2D eigenvalue weighted by Crippen LogP contribution is 2.43. The Kier molecular flexibility index (Phi) is 17.7. The number of aryl methyl sites for hydroxylation is 2. The Hall–Kier alpha value is -5.38. The Bertz CT molecular complexity index is 2600. The largest absolute Gasteiger partial charge is 0.494 e. The van der Waals surface area contributed by atoms with Gasteiger partial charge in [0.25, 0.3) is 0 Å². The van der Waals surface area contributed by atoms with Gasteiger partial charge in [-0.25, -0.2) is 8.78 Å². The predicted molar refractivity (Wildman–Crippen MR) is 275 cm³/mol. The fourth-order valence-corrected chi connectivity index (χ4v) is 10.1. The van der Waals surface area contributed by atoms with E-state index < -0.39 is 11.6 Å². The number of fused-ring (bicyclic) bond motifs is 1. The SMILES string of the molecule is C/C=C/c1ccc(N(c2ccc(/C=C/c3ccc(-c4c(F)c(F)c(-c5ccc(C)s5)c5nn(CCCCCCCCCCCCCC)nc45)s3)cc2)c2ccc(OCCCC)cc2)cc1. The Morgan fingerprint density at radius 1 is 0.554 bits per heavy atom. The van der Waals surface area contributed by atoms with Crippen LogP contribution in [-0.2, 0) is 6.54 Å². The summed E-state index contributed by atoms with van der Waals surface area (Å²) >= 11 is 2.86. The molecule has 0 unspecified atom stereocenters. The molecule has 0 aliphatic heterocycles. The molecule has 0 aliphatic rings. The van der Waals surface area contributed by atoms with Crippen LogP contribution in [0.2, 0.25) is 0 Å². The first-order chi connectivity index (χ1) is 31.9. The lowest BCUT2D eigenvalue weighted by Crippen LogP contribution is -2.10. The van der Waals surface area contributed by atoms with Crippen molar-refractivity contribution in [1.29, 1.82) is 0 Å². The Balaban J connectivity index is 1.07. The quantitative estimate of drug-likeness (QED) is 0.0536. The Morgan fingerprint density at radius 2 is 1.05 bits per heavy atom. The van der Waals surface area contributed by atoms with E-state index >= 15 is 8.78 Å². The molecule has 0 aliphatic carbocycles. The van der Waals surface area contributed by atoms with Gasteiger partial charge >= 0.3 is 0 Å². The highest BCUT2D eigenvalue weighted by atomic mass is 32.1. The van der Waals surface area contributed by atoms with Gasteiger partial charge in [0.05, 0.1) is 24.3 Å². The fraction of sp³-hybridized carbons (Fsp3) is 0.357. The molecule has 0 N–H and O–H groups in total. The zero-order chi connectivity index (χ0) is 45.4. The second kappa shape index (κ2) is 24.2. The van der Waals surface area contributed by atoms with Gasteiger partial charge in [0.15, 0.2) is 11.6 Å². The monoisotopic (exact) mass is 910 g/mol. The lowest BCUT2D eigenvalue weighted by Gasteiger charge is -2.26. The molecule has 7 rings (SSSR count). The first kappa shape index (κ1) is 47.6. The second-order valence-electron chi connectivity index (χ2n) is 16.9. The average molecular weight is 911 g/mol. The summed E-state index contributed by atoms with van der Waals surface area (Å²) in [6.07, 6.45) is 25.4. The molecule has 0 spiro atoms. The average Bonchev–Trinajstić information content (AvgIpc) is 4.09. The highest BCUT2D eigenvalue weighted by molar-refractivity contribution is 7.16. The zero-order valence-corrected chi connectivity index (χ0v) is 40.3. The number of halogens is 2. The highest BCUT2D eigenvalue weighted by Gasteiger charge is 2.27. The number of anilines is 3. The lowest BCUT2D eigenvalue weighted by atomic mass is 10.0. The summed E-state index contributed by atoms with van der Waals surface area (Å²) < 4.78 is 38.6. The number of ether oxygens (including phenoxy) is 1. The topological polar surface area (TPSA) is 43.2 Å². The van der Waals surface area contributed by atoms with Crippen LogP contribution in [0.25, 0.3) is 50.1 Å². The van der Waals surface area contributed by atoms with Crippen molar-refractivity contribution in [1.82, 2.24) is 15.0 Å². The summed E-state index contributed by atoms with van der Waals surface area (Å²) in [7, 11) is 0. The molecular formula is C56H64F2N4OS2. The number of aromatic nitrogens is 3. The summed E-state index contributed by atoms with van der Waals surface area (Å²) in [5.74, 6) is -0.901. The second-order valence-corrected chi connectivity index (χ2v) is 19.3. The van der Waals surface area contributed by atoms with Gasteiger partial charge in [0.2, 0.25) is 0 Å². The van der Waals surface area contributed by atoms with Crippen molar-refractivity contribution in [2.24, 2.45) is 0 Å². The molecule has 4 aromatic carbocycles. The van der Waals surface area contributed by atoms with E-state index in [2.05, 4.69) is 91.6 Å². The summed E-state index contributed by atoms with van der Waals surface area (Å²) in [6.45, 7) is 9.73. The number of nitrogens with zero attached hydrogens (tertiary/aromatic N) is 4. The number of unbranched alkanes of at least 4 members (excludes halogenated alkanes) is 12. The third kappa shape index (κ3) is 12.7. The fourth-order valence-electron chi connectivity index (χ4n) is 8.21. The number of thiophene rings is 2. The molecular weight excluding hydrogens is 847 g/mol. The van der Waals surface area contributed by atoms with E-state index in [0.29, 0.717) is 33.9 Å². The normalized spacial score (nSPS) is 11.8. The molecule has 0 fully saturated rings. The minimum absolute atomic E-state index is 0.170. The van der Waals surface area contributed by atoms with Crippen molar-refractivity contribution in [2.75, 3.05) is 11.5 Å². The van der Waals surface area contributed by atoms with Crippen LogP contribution in [0.5, 0.6) is 5.75 Å². The lowest BCUT2D eigenvalue weighted by molar-refractivity contribution is 0.309. The smallest absolute Gasteiger partial charge is 0.170 e. The molecule has 5 nitrogen and oxygen atoms in total. The number of hydrogen-bond donors (Lipinski definition) is 0. The summed E-state index contributed by atoms with van der Waals surface area (Å²) in [5, 5.41) is 9.68. The van der Waals surface area contributed by atoms with Crippen molar-refractivity contribution in [3.05, 3.63) is 136 Å². The molecule has 0 bridgehead atoms. The standard InChI is InChI=1S/C56H64F2N4OS2/c1-5-8-10-11-12-13-14-15-16-17-18-19-39-61-59-55-51(49-37-21-41(4)64-49)53(57)54(58)52(56(55)60-61)50-38-36-48(65-50)35-26-43-24-29-45(30-25-43)62(44-27-22-42(20-7-3)23-28-44)46-31-33-47(34-32-46)63-40-9-6-2/h7,20-38H,5-6,8-19,39-40H2,1-4H3/b20-7+,35-26+. The molecule has 0 radical (unpaired) electrons. The molecule has 3 aromatic heterocycles. The van der Waals surface area contributed by atoms with Crippen LogP contribution < -0.4 is 9.64 Å². The van der Waals surface area contributed by atoms with Gasteiger partial charge in [0, 0.05) is 36.6 Å². The van der Waals surface area contributed by atoms with Crippen LogP contribution in [0.4, 0.5) is 25.8 Å². The number of benzene rings is 4. The van der Waals surface area contributed by atoms with Crippen molar-refractivity contribution in [3.8, 4) is 26.6 Å².